The van der Waals surface area contributed by atoms with Crippen molar-refractivity contribution in [2.45, 2.75) is 43.6 Å². The Morgan fingerprint density at radius 3 is 1.93 bits per heavy atom. The minimum Gasteiger partial charge on any atom is -0.376 e. The number of aliphatic hydroxyl groups is 1. The number of rotatable bonds is 5. The molecular formula is C19H19F6NO3S. The third-order valence-corrected chi connectivity index (χ3v) is 6.42. The lowest BCUT2D eigenvalue weighted by atomic mass is 9.95. The molecule has 1 unspecified atom stereocenters. The summed E-state index contributed by atoms with van der Waals surface area (Å²) in [7, 11) is -4.69. The maximum absolute atomic E-state index is 13.1. The van der Waals surface area contributed by atoms with Crippen molar-refractivity contribution in [1.29, 1.82) is 0 Å². The van der Waals surface area contributed by atoms with E-state index in [1.165, 1.54) is 19.1 Å². The van der Waals surface area contributed by atoms with Crippen LogP contribution in [-0.4, -0.2) is 32.4 Å². The average Bonchev–Trinajstić information content (AvgIpc) is 2.60. The van der Waals surface area contributed by atoms with Crippen LogP contribution in [0.1, 0.15) is 23.6 Å². The van der Waals surface area contributed by atoms with E-state index < -0.39 is 45.8 Å². The molecule has 2 aromatic carbocycles. The zero-order valence-corrected chi connectivity index (χ0v) is 17.0. The molecule has 2 rings (SSSR count). The van der Waals surface area contributed by atoms with E-state index in [4.69, 9.17) is 0 Å². The smallest absolute Gasteiger partial charge is 0.376 e. The monoisotopic (exact) mass is 455 g/mol. The Morgan fingerprint density at radius 1 is 0.933 bits per heavy atom. The van der Waals surface area contributed by atoms with Crippen molar-refractivity contribution in [3.63, 3.8) is 0 Å². The zero-order valence-electron chi connectivity index (χ0n) is 16.1. The van der Waals surface area contributed by atoms with Gasteiger partial charge in [-0.3, -0.25) is 4.31 Å². The van der Waals surface area contributed by atoms with Gasteiger partial charge in [-0.1, -0.05) is 24.3 Å². The topological polar surface area (TPSA) is 57.6 Å². The molecule has 0 aliphatic carbocycles. The number of benzene rings is 2. The molecule has 11 heteroatoms. The largest absolute Gasteiger partial charge is 0.421 e. The summed E-state index contributed by atoms with van der Waals surface area (Å²) >= 11 is 0. The first-order valence-electron chi connectivity index (χ1n) is 8.53. The summed E-state index contributed by atoms with van der Waals surface area (Å²) in [5.74, 6) is 0. The highest BCUT2D eigenvalue weighted by molar-refractivity contribution is 7.92. The van der Waals surface area contributed by atoms with Crippen LogP contribution < -0.4 is 4.31 Å². The molecule has 4 nitrogen and oxygen atoms in total. The van der Waals surface area contributed by atoms with Crippen LogP contribution >= 0.6 is 0 Å². The predicted octanol–water partition coefficient (Wildman–Crippen LogP) is 4.83. The minimum absolute atomic E-state index is 0.0842. The number of anilines is 1. The lowest BCUT2D eigenvalue weighted by Gasteiger charge is -2.29. The first kappa shape index (κ1) is 24.0. The quantitative estimate of drug-likeness (QED) is 0.657. The summed E-state index contributed by atoms with van der Waals surface area (Å²) in [5, 5.41) is 9.71. The Balaban J connectivity index is 2.60. The first-order chi connectivity index (χ1) is 13.5. The van der Waals surface area contributed by atoms with Crippen molar-refractivity contribution < 1.29 is 39.9 Å². The second-order valence-corrected chi connectivity index (χ2v) is 8.84. The Hall–Kier alpha value is -2.27. The van der Waals surface area contributed by atoms with Gasteiger partial charge in [0.15, 0.2) is 5.60 Å². The van der Waals surface area contributed by atoms with Gasteiger partial charge in [-0.05, 0) is 55.7 Å². The molecule has 1 atom stereocenters. The van der Waals surface area contributed by atoms with Crippen LogP contribution in [0.4, 0.5) is 32.0 Å². The third kappa shape index (κ3) is 4.89. The molecule has 0 amide bonds. The van der Waals surface area contributed by atoms with Crippen LogP contribution in [0.2, 0.25) is 0 Å². The molecule has 0 saturated carbocycles. The number of hydrogen-bond donors (Lipinski definition) is 1. The molecule has 30 heavy (non-hydrogen) atoms. The van der Waals surface area contributed by atoms with E-state index in [0.29, 0.717) is 12.5 Å². The molecule has 0 saturated heterocycles. The molecular weight excluding hydrogens is 436 g/mol. The number of alkyl halides is 6. The molecule has 0 bridgehead atoms. The molecule has 0 radical (unpaired) electrons. The van der Waals surface area contributed by atoms with Crippen LogP contribution in [0.5, 0.6) is 0 Å². The van der Waals surface area contributed by atoms with Crippen LogP contribution in [0, 0.1) is 13.8 Å². The van der Waals surface area contributed by atoms with Crippen molar-refractivity contribution in [2.24, 2.45) is 0 Å². The van der Waals surface area contributed by atoms with Crippen LogP contribution in [-0.2, 0) is 15.6 Å². The Morgan fingerprint density at radius 2 is 1.47 bits per heavy atom. The summed E-state index contributed by atoms with van der Waals surface area (Å²) in [6, 6.07) is 7.33. The number of hydrogen-bond acceptors (Lipinski definition) is 3. The van der Waals surface area contributed by atoms with E-state index in [2.05, 4.69) is 0 Å². The Bertz CT molecular complexity index is 1010. The van der Waals surface area contributed by atoms with Gasteiger partial charge < -0.3 is 5.11 Å². The first-order valence-corrected chi connectivity index (χ1v) is 9.97. The van der Waals surface area contributed by atoms with E-state index in [1.807, 2.05) is 0 Å². The fourth-order valence-corrected chi connectivity index (χ4v) is 4.46. The predicted molar refractivity (Wildman–Crippen MR) is 98.6 cm³/mol. The molecule has 0 spiro atoms. The van der Waals surface area contributed by atoms with E-state index in [-0.39, 0.29) is 14.8 Å². The van der Waals surface area contributed by atoms with Crippen LogP contribution in [0.3, 0.4) is 0 Å². The molecule has 1 N–H and O–H groups in total. The van der Waals surface area contributed by atoms with E-state index in [1.54, 1.807) is 13.0 Å². The molecule has 0 aromatic heterocycles. The molecule has 0 aliphatic heterocycles. The van der Waals surface area contributed by atoms with E-state index in [9.17, 15) is 39.9 Å². The maximum Gasteiger partial charge on any atom is 0.421 e. The molecule has 166 valence electrons. The highest BCUT2D eigenvalue weighted by atomic mass is 32.2. The lowest BCUT2D eigenvalue weighted by Crippen LogP contribution is -2.40. The van der Waals surface area contributed by atoms with E-state index >= 15 is 0 Å². The minimum atomic E-state index is -5.04. The molecule has 0 fully saturated rings. The molecule has 0 aliphatic rings. The highest BCUT2D eigenvalue weighted by Crippen LogP contribution is 2.39. The Labute approximate surface area is 169 Å². The van der Waals surface area contributed by atoms with Gasteiger partial charge >= 0.3 is 12.4 Å². The van der Waals surface area contributed by atoms with Crippen molar-refractivity contribution in [1.82, 2.24) is 0 Å². The maximum atomic E-state index is 13.1. The van der Waals surface area contributed by atoms with Gasteiger partial charge in [0.2, 0.25) is 0 Å². The number of nitrogens with zero attached hydrogens (tertiary/aromatic N) is 1. The van der Waals surface area contributed by atoms with E-state index in [0.717, 1.165) is 24.3 Å². The summed E-state index contributed by atoms with van der Waals surface area (Å²) < 4.78 is 105. The summed E-state index contributed by atoms with van der Waals surface area (Å²) in [6.07, 6.45) is -9.95. The van der Waals surface area contributed by atoms with Gasteiger partial charge in [-0.25, -0.2) is 8.42 Å². The fourth-order valence-electron chi connectivity index (χ4n) is 2.70. The summed E-state index contributed by atoms with van der Waals surface area (Å²) in [4.78, 5) is -0.349. The average molecular weight is 455 g/mol. The number of halogens is 6. The van der Waals surface area contributed by atoms with Crippen molar-refractivity contribution in [3.8, 4) is 0 Å². The SMILES string of the molecule is Cc1ccc(C)c(S(=O)(=O)N(CC(F)(F)F)c2ccc(C(C)(O)C(F)(F)F)cc2)c1. The number of aryl methyl sites for hydroxylation is 2. The van der Waals surface area contributed by atoms with Crippen molar-refractivity contribution >= 4 is 15.7 Å². The van der Waals surface area contributed by atoms with Gasteiger partial charge in [0.1, 0.15) is 6.54 Å². The van der Waals surface area contributed by atoms with Crippen molar-refractivity contribution in [2.75, 3.05) is 10.8 Å². The molecule has 0 heterocycles. The van der Waals surface area contributed by atoms with Gasteiger partial charge in [0.25, 0.3) is 10.0 Å². The second kappa shape index (κ2) is 7.77. The van der Waals surface area contributed by atoms with Crippen LogP contribution in [0.25, 0.3) is 0 Å². The number of sulfonamides is 1. The fraction of sp³-hybridized carbons (Fsp3) is 0.368. The van der Waals surface area contributed by atoms with Gasteiger partial charge in [-0.15, -0.1) is 0 Å². The molecule has 2 aromatic rings. The second-order valence-electron chi connectivity index (χ2n) is 7.01. The van der Waals surface area contributed by atoms with Gasteiger partial charge in [-0.2, -0.15) is 26.3 Å². The summed E-state index contributed by atoms with van der Waals surface area (Å²) in [6.45, 7) is 1.60. The highest BCUT2D eigenvalue weighted by Gasteiger charge is 2.51. The summed E-state index contributed by atoms with van der Waals surface area (Å²) in [5.41, 5.74) is -3.68. The lowest BCUT2D eigenvalue weighted by molar-refractivity contribution is -0.258. The Kier molecular flexibility index (Phi) is 6.22. The van der Waals surface area contributed by atoms with Crippen molar-refractivity contribution in [3.05, 3.63) is 59.2 Å². The van der Waals surface area contributed by atoms with Gasteiger partial charge in [0.05, 0.1) is 10.6 Å². The zero-order chi connectivity index (χ0) is 23.1. The van der Waals surface area contributed by atoms with Gasteiger partial charge in [0, 0.05) is 0 Å². The van der Waals surface area contributed by atoms with Crippen LogP contribution in [0.15, 0.2) is 47.4 Å². The standard InChI is InChI=1S/C19H19F6NO3S/c1-12-4-5-13(2)16(10-12)30(28,29)26(11-18(20,21)22)15-8-6-14(7-9-15)17(3,27)19(23,24)25/h4-10,27H,11H2,1-3H3. The normalized spacial score (nSPS) is 15.0. The third-order valence-electron chi connectivity index (χ3n) is 4.50.